The van der Waals surface area contributed by atoms with Crippen LogP contribution in [0.1, 0.15) is 39.5 Å². The maximum atomic E-state index is 12.7. The normalized spacial score (nSPS) is 13.6. The predicted octanol–water partition coefficient (Wildman–Crippen LogP) is -3.33. The molecule has 0 heterocycles. The van der Waals surface area contributed by atoms with E-state index in [1.807, 2.05) is 0 Å². The zero-order chi connectivity index (χ0) is 23.4. The van der Waals surface area contributed by atoms with Crippen molar-refractivity contribution in [3.8, 4) is 0 Å². The summed E-state index contributed by atoms with van der Waals surface area (Å²) >= 11 is 0. The molecule has 13 nitrogen and oxygen atoms in total. The lowest BCUT2D eigenvalue weighted by atomic mass is 10.0. The Morgan fingerprint density at radius 3 is 1.90 bits per heavy atom. The van der Waals surface area contributed by atoms with Gasteiger partial charge in [-0.05, 0) is 18.8 Å². The minimum Gasteiger partial charge on any atom is -0.480 e. The van der Waals surface area contributed by atoms with Crippen LogP contribution in [0.3, 0.4) is 0 Å². The smallest absolute Gasteiger partial charge is 0.322 e. The van der Waals surface area contributed by atoms with Crippen molar-refractivity contribution in [3.63, 3.8) is 0 Å². The van der Waals surface area contributed by atoms with Crippen molar-refractivity contribution in [3.05, 3.63) is 0 Å². The van der Waals surface area contributed by atoms with Gasteiger partial charge in [-0.25, -0.2) is 0 Å². The molecule has 170 valence electrons. The molecule has 0 aromatic rings. The van der Waals surface area contributed by atoms with Gasteiger partial charge in [0.2, 0.25) is 29.5 Å². The van der Waals surface area contributed by atoms with Crippen LogP contribution >= 0.6 is 0 Å². The molecule has 0 aliphatic rings. The number of nitrogens with two attached hydrogens (primary N) is 3. The van der Waals surface area contributed by atoms with E-state index in [2.05, 4.69) is 16.0 Å². The number of aliphatic carboxylic acids is 1. The Hall–Kier alpha value is -3.22. The van der Waals surface area contributed by atoms with E-state index in [1.54, 1.807) is 13.8 Å². The van der Waals surface area contributed by atoms with E-state index in [-0.39, 0.29) is 25.2 Å². The lowest BCUT2D eigenvalue weighted by molar-refractivity contribution is -0.138. The van der Waals surface area contributed by atoms with Crippen LogP contribution in [0.25, 0.3) is 0 Å². The number of primary amides is 2. The molecular formula is C17H30N6O7. The fraction of sp³-hybridized carbons (Fsp3) is 0.647. The Balaban J connectivity index is 5.32. The number of hydrogen-bond acceptors (Lipinski definition) is 7. The van der Waals surface area contributed by atoms with Crippen molar-refractivity contribution < 1.29 is 33.9 Å². The topological polar surface area (TPSA) is 237 Å². The third kappa shape index (κ3) is 11.6. The molecule has 13 heteroatoms. The number of nitrogens with one attached hydrogen (secondary N) is 3. The van der Waals surface area contributed by atoms with Gasteiger partial charge in [-0.1, -0.05) is 13.8 Å². The number of carbonyl (C=O) groups is 6. The Morgan fingerprint density at radius 1 is 0.867 bits per heavy atom. The van der Waals surface area contributed by atoms with Crippen molar-refractivity contribution in [2.24, 2.45) is 23.1 Å². The van der Waals surface area contributed by atoms with E-state index in [0.717, 1.165) is 0 Å². The highest BCUT2D eigenvalue weighted by atomic mass is 16.4. The zero-order valence-electron chi connectivity index (χ0n) is 17.0. The third-order valence-electron chi connectivity index (χ3n) is 3.82. The molecule has 0 rings (SSSR count). The molecule has 30 heavy (non-hydrogen) atoms. The van der Waals surface area contributed by atoms with Crippen LogP contribution in [-0.4, -0.2) is 65.3 Å². The Kier molecular flexibility index (Phi) is 11.7. The summed E-state index contributed by atoms with van der Waals surface area (Å²) in [6.45, 7) is 2.95. The number of hydrogen-bond donors (Lipinski definition) is 7. The van der Waals surface area contributed by atoms with Crippen molar-refractivity contribution in [1.82, 2.24) is 16.0 Å². The average Bonchev–Trinajstić information content (AvgIpc) is 2.60. The average molecular weight is 430 g/mol. The Bertz CT molecular complexity index is 667. The van der Waals surface area contributed by atoms with E-state index in [1.165, 1.54) is 0 Å². The van der Waals surface area contributed by atoms with Crippen molar-refractivity contribution in [2.75, 3.05) is 6.54 Å². The number of rotatable bonds is 14. The van der Waals surface area contributed by atoms with Crippen LogP contribution in [-0.2, 0) is 28.8 Å². The first kappa shape index (κ1) is 26.8. The van der Waals surface area contributed by atoms with Crippen LogP contribution in [0.2, 0.25) is 0 Å². The van der Waals surface area contributed by atoms with E-state index in [0.29, 0.717) is 0 Å². The van der Waals surface area contributed by atoms with Crippen molar-refractivity contribution in [1.29, 1.82) is 0 Å². The van der Waals surface area contributed by atoms with Crippen LogP contribution < -0.4 is 33.2 Å². The molecule has 0 aromatic heterocycles. The number of carboxylic acid groups (broad SMARTS) is 1. The van der Waals surface area contributed by atoms with Gasteiger partial charge in [0.05, 0.1) is 12.5 Å². The molecule has 0 spiro atoms. The number of carboxylic acids is 1. The van der Waals surface area contributed by atoms with Gasteiger partial charge in [-0.15, -0.1) is 0 Å². The molecule has 0 saturated heterocycles. The first-order valence-electron chi connectivity index (χ1n) is 9.25. The van der Waals surface area contributed by atoms with Crippen LogP contribution in [0.5, 0.6) is 0 Å². The molecule has 3 unspecified atom stereocenters. The molecule has 10 N–H and O–H groups in total. The van der Waals surface area contributed by atoms with Gasteiger partial charge in [0.1, 0.15) is 18.6 Å². The summed E-state index contributed by atoms with van der Waals surface area (Å²) < 4.78 is 0. The first-order chi connectivity index (χ1) is 13.8. The van der Waals surface area contributed by atoms with E-state index in [9.17, 15) is 28.8 Å². The highest BCUT2D eigenvalue weighted by Crippen LogP contribution is 2.07. The Morgan fingerprint density at radius 2 is 1.43 bits per heavy atom. The maximum absolute atomic E-state index is 12.7. The lowest BCUT2D eigenvalue weighted by Gasteiger charge is -2.24. The van der Waals surface area contributed by atoms with Gasteiger partial charge in [0.25, 0.3) is 0 Å². The fourth-order valence-electron chi connectivity index (χ4n) is 2.40. The molecule has 0 fully saturated rings. The standard InChI is InChI=1S/C17H30N6O7/c1-8(2)5-11(16(29)21-7-14(26)27)23-17(30)10(3-4-12(19)24)22-15(28)9(18)6-13(20)25/h8-11H,3-7,18H2,1-2H3,(H2,19,24)(H2,20,25)(H,21,29)(H,22,28)(H,23,30)(H,26,27). The second-order valence-corrected chi connectivity index (χ2v) is 7.15. The summed E-state index contributed by atoms with van der Waals surface area (Å²) in [6, 6.07) is -3.66. The van der Waals surface area contributed by atoms with Gasteiger partial charge < -0.3 is 38.3 Å². The summed E-state index contributed by atoms with van der Waals surface area (Å²) in [6.07, 6.45) is -0.691. The molecular weight excluding hydrogens is 400 g/mol. The van der Waals surface area contributed by atoms with Gasteiger partial charge >= 0.3 is 5.97 Å². The van der Waals surface area contributed by atoms with Crippen LogP contribution in [0.15, 0.2) is 0 Å². The summed E-state index contributed by atoms with van der Waals surface area (Å²) in [5.74, 6) is -5.20. The third-order valence-corrected chi connectivity index (χ3v) is 3.82. The predicted molar refractivity (Wildman–Crippen MR) is 104 cm³/mol. The number of amides is 5. The van der Waals surface area contributed by atoms with Gasteiger partial charge in [-0.2, -0.15) is 0 Å². The zero-order valence-corrected chi connectivity index (χ0v) is 17.0. The molecule has 0 aliphatic carbocycles. The van der Waals surface area contributed by atoms with Crippen molar-refractivity contribution >= 4 is 35.5 Å². The van der Waals surface area contributed by atoms with Crippen LogP contribution in [0.4, 0.5) is 0 Å². The van der Waals surface area contributed by atoms with E-state index in [4.69, 9.17) is 22.3 Å². The molecule has 0 radical (unpaired) electrons. The molecule has 0 aliphatic heterocycles. The monoisotopic (exact) mass is 430 g/mol. The molecule has 3 atom stereocenters. The fourth-order valence-corrected chi connectivity index (χ4v) is 2.40. The molecule has 0 aromatic carbocycles. The molecule has 5 amide bonds. The minimum absolute atomic E-state index is 0.0338. The van der Waals surface area contributed by atoms with Gasteiger partial charge in [0.15, 0.2) is 0 Å². The van der Waals surface area contributed by atoms with E-state index >= 15 is 0 Å². The van der Waals surface area contributed by atoms with Crippen LogP contribution in [0, 0.1) is 5.92 Å². The first-order valence-corrected chi connectivity index (χ1v) is 9.25. The second-order valence-electron chi connectivity index (χ2n) is 7.15. The summed E-state index contributed by atoms with van der Waals surface area (Å²) in [5.41, 5.74) is 15.6. The second kappa shape index (κ2) is 13.1. The largest absolute Gasteiger partial charge is 0.480 e. The summed E-state index contributed by atoms with van der Waals surface area (Å²) in [4.78, 5) is 69.7. The summed E-state index contributed by atoms with van der Waals surface area (Å²) in [7, 11) is 0. The van der Waals surface area contributed by atoms with Gasteiger partial charge in [0, 0.05) is 6.42 Å². The SMILES string of the molecule is CC(C)CC(NC(=O)C(CCC(N)=O)NC(=O)C(N)CC(N)=O)C(=O)NCC(=O)O. The van der Waals surface area contributed by atoms with E-state index < -0.39 is 66.6 Å². The van der Waals surface area contributed by atoms with Gasteiger partial charge in [-0.3, -0.25) is 28.8 Å². The minimum atomic E-state index is -1.31. The highest BCUT2D eigenvalue weighted by molar-refractivity contribution is 5.94. The lowest BCUT2D eigenvalue weighted by Crippen LogP contribution is -2.56. The maximum Gasteiger partial charge on any atom is 0.322 e. The highest BCUT2D eigenvalue weighted by Gasteiger charge is 2.29. The quantitative estimate of drug-likeness (QED) is 0.147. The Labute approximate surface area is 173 Å². The molecule has 0 bridgehead atoms. The number of carbonyl (C=O) groups excluding carboxylic acids is 5. The van der Waals surface area contributed by atoms with Crippen molar-refractivity contribution in [2.45, 2.75) is 57.7 Å². The summed E-state index contributed by atoms with van der Waals surface area (Å²) in [5, 5.41) is 15.6. The molecule has 0 saturated carbocycles.